The minimum absolute atomic E-state index is 0.189. The molecule has 1 unspecified atom stereocenters. The number of hydrogen-bond acceptors (Lipinski definition) is 2. The normalized spacial score (nSPS) is 12.8. The van der Waals surface area contributed by atoms with Crippen LogP contribution >= 0.6 is 0 Å². The van der Waals surface area contributed by atoms with Gasteiger partial charge in [0.1, 0.15) is 17.5 Å². The van der Waals surface area contributed by atoms with E-state index in [0.29, 0.717) is 5.82 Å². The maximum atomic E-state index is 13.2. The van der Waals surface area contributed by atoms with E-state index in [0.717, 1.165) is 29.2 Å². The number of nitrogens with zero attached hydrogens (tertiary/aromatic N) is 2. The van der Waals surface area contributed by atoms with E-state index in [2.05, 4.69) is 4.98 Å². The van der Waals surface area contributed by atoms with E-state index < -0.39 is 17.7 Å². The number of imidazole rings is 1. The van der Waals surface area contributed by atoms with E-state index >= 15 is 0 Å². The lowest BCUT2D eigenvalue weighted by Crippen LogP contribution is -2.07. The van der Waals surface area contributed by atoms with Crippen LogP contribution in [0.25, 0.3) is 11.0 Å². The van der Waals surface area contributed by atoms with Crippen LogP contribution in [0.5, 0.6) is 0 Å². The smallest absolute Gasteiger partial charge is 0.126 e. The number of para-hydroxylation sites is 2. The van der Waals surface area contributed by atoms with Crippen molar-refractivity contribution in [2.24, 2.45) is 7.05 Å². The molecular formula is C16H14F2N2O. The molecule has 0 spiro atoms. The van der Waals surface area contributed by atoms with Gasteiger partial charge < -0.3 is 9.67 Å². The zero-order chi connectivity index (χ0) is 15.0. The van der Waals surface area contributed by atoms with Gasteiger partial charge in [-0.3, -0.25) is 0 Å². The van der Waals surface area contributed by atoms with E-state index in [1.54, 1.807) is 0 Å². The molecular weight excluding hydrogens is 274 g/mol. The molecule has 0 saturated heterocycles. The zero-order valence-electron chi connectivity index (χ0n) is 11.4. The molecule has 2 aromatic carbocycles. The van der Waals surface area contributed by atoms with Crippen molar-refractivity contribution in [2.75, 3.05) is 0 Å². The Kier molecular flexibility index (Phi) is 3.43. The summed E-state index contributed by atoms with van der Waals surface area (Å²) in [7, 11) is 1.85. The molecule has 0 aliphatic heterocycles. The largest absolute Gasteiger partial charge is 0.388 e. The highest BCUT2D eigenvalue weighted by Gasteiger charge is 2.15. The third-order valence-electron chi connectivity index (χ3n) is 3.53. The molecule has 1 N–H and O–H groups in total. The van der Waals surface area contributed by atoms with Gasteiger partial charge in [-0.1, -0.05) is 12.1 Å². The van der Waals surface area contributed by atoms with Crippen LogP contribution < -0.4 is 0 Å². The van der Waals surface area contributed by atoms with Crippen molar-refractivity contribution in [1.82, 2.24) is 9.55 Å². The molecule has 3 aromatic rings. The van der Waals surface area contributed by atoms with Crippen LogP contribution in [0.15, 0.2) is 42.5 Å². The summed E-state index contributed by atoms with van der Waals surface area (Å²) in [4.78, 5) is 4.44. The van der Waals surface area contributed by atoms with Crippen molar-refractivity contribution >= 4 is 11.0 Å². The lowest BCUT2D eigenvalue weighted by atomic mass is 10.1. The van der Waals surface area contributed by atoms with E-state index in [-0.39, 0.29) is 12.0 Å². The van der Waals surface area contributed by atoms with Crippen LogP contribution in [-0.4, -0.2) is 14.7 Å². The monoisotopic (exact) mass is 288 g/mol. The van der Waals surface area contributed by atoms with Gasteiger partial charge in [0.05, 0.1) is 17.1 Å². The number of fused-ring (bicyclic) bond motifs is 1. The Bertz CT molecular complexity index is 778. The molecule has 3 nitrogen and oxygen atoms in total. The van der Waals surface area contributed by atoms with Crippen molar-refractivity contribution in [3.63, 3.8) is 0 Å². The van der Waals surface area contributed by atoms with Crippen LogP contribution in [-0.2, 0) is 13.5 Å². The van der Waals surface area contributed by atoms with Crippen molar-refractivity contribution in [2.45, 2.75) is 12.5 Å². The maximum Gasteiger partial charge on any atom is 0.126 e. The van der Waals surface area contributed by atoms with Crippen LogP contribution in [0.3, 0.4) is 0 Å². The van der Waals surface area contributed by atoms with Gasteiger partial charge >= 0.3 is 0 Å². The number of halogens is 2. The average Bonchev–Trinajstić information content (AvgIpc) is 2.75. The molecule has 0 aliphatic carbocycles. The predicted molar refractivity (Wildman–Crippen MR) is 75.7 cm³/mol. The highest BCUT2D eigenvalue weighted by atomic mass is 19.1. The van der Waals surface area contributed by atoms with Gasteiger partial charge in [0, 0.05) is 19.5 Å². The first-order valence-corrected chi connectivity index (χ1v) is 6.59. The third kappa shape index (κ3) is 2.64. The number of aryl methyl sites for hydroxylation is 1. The molecule has 1 aromatic heterocycles. The minimum Gasteiger partial charge on any atom is -0.388 e. The molecule has 0 fully saturated rings. The van der Waals surface area contributed by atoms with E-state index in [4.69, 9.17) is 0 Å². The number of rotatable bonds is 3. The lowest BCUT2D eigenvalue weighted by molar-refractivity contribution is 0.174. The summed E-state index contributed by atoms with van der Waals surface area (Å²) in [5.74, 6) is -0.739. The molecule has 0 aliphatic rings. The fourth-order valence-electron chi connectivity index (χ4n) is 2.44. The van der Waals surface area contributed by atoms with E-state index in [1.807, 2.05) is 35.9 Å². The molecule has 0 radical (unpaired) electrons. The summed E-state index contributed by atoms with van der Waals surface area (Å²) in [5.41, 5.74) is 1.98. The van der Waals surface area contributed by atoms with Gasteiger partial charge in [0.15, 0.2) is 0 Å². The molecule has 0 saturated carbocycles. The van der Waals surface area contributed by atoms with Crippen LogP contribution in [0, 0.1) is 11.6 Å². The first-order chi connectivity index (χ1) is 10.0. The highest BCUT2D eigenvalue weighted by molar-refractivity contribution is 5.75. The molecule has 0 bridgehead atoms. The fraction of sp³-hybridized carbons (Fsp3) is 0.188. The van der Waals surface area contributed by atoms with Crippen molar-refractivity contribution in [3.05, 3.63) is 65.5 Å². The van der Waals surface area contributed by atoms with Gasteiger partial charge in [-0.15, -0.1) is 0 Å². The number of hydrogen-bond donors (Lipinski definition) is 1. The topological polar surface area (TPSA) is 38.0 Å². The highest BCUT2D eigenvalue weighted by Crippen LogP contribution is 2.22. The summed E-state index contributed by atoms with van der Waals surface area (Å²) >= 11 is 0. The second-order valence-corrected chi connectivity index (χ2v) is 5.00. The first-order valence-electron chi connectivity index (χ1n) is 6.59. The molecule has 108 valence electrons. The summed E-state index contributed by atoms with van der Waals surface area (Å²) in [6.07, 6.45) is -0.820. The van der Waals surface area contributed by atoms with Crippen molar-refractivity contribution in [1.29, 1.82) is 0 Å². The number of aliphatic hydroxyl groups is 1. The van der Waals surface area contributed by atoms with Crippen LogP contribution in [0.2, 0.25) is 0 Å². The maximum absolute atomic E-state index is 13.2. The molecule has 0 amide bonds. The number of benzene rings is 2. The van der Waals surface area contributed by atoms with Gasteiger partial charge in [-0.2, -0.15) is 0 Å². The van der Waals surface area contributed by atoms with Gasteiger partial charge in [0.2, 0.25) is 0 Å². The van der Waals surface area contributed by atoms with E-state index in [1.165, 1.54) is 0 Å². The number of aliphatic hydroxyl groups excluding tert-OH is 1. The van der Waals surface area contributed by atoms with Crippen LogP contribution in [0.4, 0.5) is 8.78 Å². The summed E-state index contributed by atoms with van der Waals surface area (Å²) in [6, 6.07) is 10.7. The fourth-order valence-corrected chi connectivity index (χ4v) is 2.44. The molecule has 3 rings (SSSR count). The zero-order valence-corrected chi connectivity index (χ0v) is 11.4. The summed E-state index contributed by atoms with van der Waals surface area (Å²) in [6.45, 7) is 0. The Morgan fingerprint density at radius 1 is 1.14 bits per heavy atom. The summed E-state index contributed by atoms with van der Waals surface area (Å²) < 4.78 is 28.3. The Hall–Kier alpha value is -2.27. The van der Waals surface area contributed by atoms with Gasteiger partial charge in [0.25, 0.3) is 0 Å². The molecule has 21 heavy (non-hydrogen) atoms. The molecule has 1 heterocycles. The van der Waals surface area contributed by atoms with Crippen molar-refractivity contribution < 1.29 is 13.9 Å². The molecule has 1 atom stereocenters. The average molecular weight is 288 g/mol. The van der Waals surface area contributed by atoms with E-state index in [9.17, 15) is 13.9 Å². The van der Waals surface area contributed by atoms with Crippen molar-refractivity contribution in [3.8, 4) is 0 Å². The molecule has 5 heteroatoms. The third-order valence-corrected chi connectivity index (χ3v) is 3.53. The van der Waals surface area contributed by atoms with Crippen LogP contribution in [0.1, 0.15) is 17.5 Å². The van der Waals surface area contributed by atoms with Gasteiger partial charge in [-0.05, 0) is 29.8 Å². The van der Waals surface area contributed by atoms with Gasteiger partial charge in [-0.25, -0.2) is 13.8 Å². The summed E-state index contributed by atoms with van der Waals surface area (Å²) in [5, 5.41) is 10.2. The standard InChI is InChI=1S/C16H14F2N2O/c1-20-14-5-3-2-4-13(14)19-16(20)9-15(21)10-6-11(17)8-12(18)7-10/h2-8,15,21H,9H2,1H3. The minimum atomic E-state index is -1.01. The Morgan fingerprint density at radius 3 is 2.48 bits per heavy atom. The Balaban J connectivity index is 1.92. The SMILES string of the molecule is Cn1c(CC(O)c2cc(F)cc(F)c2)nc2ccccc21. The lowest BCUT2D eigenvalue weighted by Gasteiger charge is -2.11. The first kappa shape index (κ1) is 13.7. The Labute approximate surface area is 120 Å². The second kappa shape index (κ2) is 5.26. The number of aromatic nitrogens is 2. The Morgan fingerprint density at radius 2 is 1.81 bits per heavy atom. The predicted octanol–water partition coefficient (Wildman–Crippen LogP) is 3.13. The quantitative estimate of drug-likeness (QED) is 0.804. The second-order valence-electron chi connectivity index (χ2n) is 5.00.